The molecule has 0 atom stereocenters. The van der Waals surface area contributed by atoms with Gasteiger partial charge < -0.3 is 10.0 Å². The van der Waals surface area contributed by atoms with Crippen molar-refractivity contribution in [3.63, 3.8) is 0 Å². The molecule has 3 rings (SSSR count). The number of aliphatic carboxylic acids is 1. The van der Waals surface area contributed by atoms with E-state index in [1.807, 2.05) is 0 Å². The lowest BCUT2D eigenvalue weighted by Crippen LogP contribution is -2.31. The number of hydrogen-bond acceptors (Lipinski definition) is 5. The Morgan fingerprint density at radius 1 is 1.38 bits per heavy atom. The van der Waals surface area contributed by atoms with Crippen LogP contribution in [0, 0.1) is 5.92 Å². The molecule has 0 aliphatic heterocycles. The molecule has 116 valence electrons. The molecule has 6 nitrogen and oxygen atoms in total. The number of hydrogen-bond donors (Lipinski definition) is 1. The van der Waals surface area contributed by atoms with Crippen molar-refractivity contribution in [2.75, 3.05) is 17.2 Å². The van der Waals surface area contributed by atoms with Gasteiger partial charge in [-0.05, 0) is 45.4 Å². The third kappa shape index (κ3) is 3.51. The van der Waals surface area contributed by atoms with Crippen molar-refractivity contribution in [2.24, 2.45) is 5.92 Å². The van der Waals surface area contributed by atoms with Crippen LogP contribution in [0.25, 0.3) is 0 Å². The Balaban J connectivity index is 1.83. The average molecular weight is 310 g/mol. The van der Waals surface area contributed by atoms with Crippen molar-refractivity contribution in [2.45, 2.75) is 56.8 Å². The molecule has 0 radical (unpaired) electrons. The number of carboxylic acid groups (broad SMARTS) is 1. The van der Waals surface area contributed by atoms with Gasteiger partial charge in [0, 0.05) is 18.6 Å². The topological polar surface area (TPSA) is 71.2 Å². The Kier molecular flexibility index (Phi) is 4.10. The summed E-state index contributed by atoms with van der Waals surface area (Å²) in [5.74, 6) is 0.930. The first-order valence-electron chi connectivity index (χ1n) is 7.62. The van der Waals surface area contributed by atoms with Gasteiger partial charge in [0.15, 0.2) is 5.16 Å². The fourth-order valence-electron chi connectivity index (χ4n) is 2.50. The van der Waals surface area contributed by atoms with Crippen LogP contribution < -0.4 is 4.90 Å². The molecule has 2 aliphatic rings. The smallest absolute Gasteiger partial charge is 0.313 e. The van der Waals surface area contributed by atoms with Gasteiger partial charge in [-0.15, -0.1) is 10.2 Å². The van der Waals surface area contributed by atoms with Crippen LogP contribution in [-0.2, 0) is 4.79 Å². The van der Waals surface area contributed by atoms with E-state index in [0.29, 0.717) is 11.2 Å². The highest BCUT2D eigenvalue weighted by Crippen LogP contribution is 2.38. The fourth-order valence-corrected chi connectivity index (χ4v) is 3.28. The van der Waals surface area contributed by atoms with E-state index in [0.717, 1.165) is 18.4 Å². The maximum atomic E-state index is 10.8. The number of carboxylic acids is 1. The third-order valence-corrected chi connectivity index (χ3v) is 4.81. The van der Waals surface area contributed by atoms with E-state index in [1.54, 1.807) is 0 Å². The van der Waals surface area contributed by atoms with Crippen LogP contribution in [0.2, 0.25) is 0 Å². The van der Waals surface area contributed by atoms with Crippen LogP contribution in [0.3, 0.4) is 0 Å². The second-order valence-electron chi connectivity index (χ2n) is 6.26. The first kappa shape index (κ1) is 14.7. The zero-order valence-corrected chi connectivity index (χ0v) is 13.3. The van der Waals surface area contributed by atoms with Crippen molar-refractivity contribution in [3.8, 4) is 0 Å². The highest BCUT2D eigenvalue weighted by Gasteiger charge is 2.37. The molecule has 1 heterocycles. The van der Waals surface area contributed by atoms with Crippen LogP contribution in [0.5, 0.6) is 0 Å². The number of nitrogens with zero attached hydrogens (tertiary/aromatic N) is 4. The predicted molar refractivity (Wildman–Crippen MR) is 81.9 cm³/mol. The van der Waals surface area contributed by atoms with E-state index in [9.17, 15) is 4.79 Å². The van der Waals surface area contributed by atoms with Crippen LogP contribution in [0.15, 0.2) is 5.16 Å². The van der Waals surface area contributed by atoms with E-state index in [2.05, 4.69) is 33.5 Å². The monoisotopic (exact) mass is 310 g/mol. The Morgan fingerprint density at radius 3 is 2.62 bits per heavy atom. The first-order valence-corrected chi connectivity index (χ1v) is 8.61. The summed E-state index contributed by atoms with van der Waals surface area (Å²) in [6.07, 6.45) is 5.10. The normalized spacial score (nSPS) is 18.2. The van der Waals surface area contributed by atoms with Crippen molar-refractivity contribution in [3.05, 3.63) is 0 Å². The molecule has 0 amide bonds. The maximum Gasteiger partial charge on any atom is 0.313 e. The van der Waals surface area contributed by atoms with Crippen molar-refractivity contribution in [1.82, 2.24) is 14.8 Å². The predicted octanol–water partition coefficient (Wildman–Crippen LogP) is 2.41. The van der Waals surface area contributed by atoms with Crippen molar-refractivity contribution < 1.29 is 9.90 Å². The number of rotatable bonds is 8. The molecule has 2 fully saturated rings. The summed E-state index contributed by atoms with van der Waals surface area (Å²) in [5, 5.41) is 18.2. The molecular weight excluding hydrogens is 288 g/mol. The van der Waals surface area contributed by atoms with E-state index in [1.165, 1.54) is 37.4 Å². The van der Waals surface area contributed by atoms with E-state index < -0.39 is 5.97 Å². The lowest BCUT2D eigenvalue weighted by atomic mass is 10.3. The summed E-state index contributed by atoms with van der Waals surface area (Å²) in [6.45, 7) is 5.26. The molecule has 0 bridgehead atoms. The maximum absolute atomic E-state index is 10.8. The number of thioether (sulfide) groups is 1. The minimum absolute atomic E-state index is 0.0247. The second kappa shape index (κ2) is 5.87. The van der Waals surface area contributed by atoms with Crippen molar-refractivity contribution in [1.29, 1.82) is 0 Å². The molecule has 0 aromatic carbocycles. The Labute approximate surface area is 128 Å². The van der Waals surface area contributed by atoms with Crippen LogP contribution >= 0.6 is 11.8 Å². The highest BCUT2D eigenvalue weighted by molar-refractivity contribution is 7.99. The molecule has 7 heteroatoms. The van der Waals surface area contributed by atoms with Gasteiger partial charge >= 0.3 is 5.97 Å². The SMILES string of the molecule is CC(C)n1c(SCC(=O)O)nnc1N(CC1CC1)C1CC1. The van der Waals surface area contributed by atoms with Crippen molar-refractivity contribution >= 4 is 23.7 Å². The standard InChI is InChI=1S/C14H22N4O2S/c1-9(2)18-13(15-16-14(18)21-8-12(19)20)17(11-5-6-11)7-10-3-4-10/h9-11H,3-8H2,1-2H3,(H,19,20). The van der Waals surface area contributed by atoms with Gasteiger partial charge in [0.25, 0.3) is 0 Å². The number of anilines is 1. The Hall–Kier alpha value is -1.24. The summed E-state index contributed by atoms with van der Waals surface area (Å²) < 4.78 is 2.09. The van der Waals surface area contributed by atoms with Crippen LogP contribution in [0.4, 0.5) is 5.95 Å². The molecule has 2 saturated carbocycles. The number of carbonyl (C=O) groups is 1. The quantitative estimate of drug-likeness (QED) is 0.744. The van der Waals surface area contributed by atoms with Gasteiger partial charge in [-0.1, -0.05) is 11.8 Å². The minimum atomic E-state index is -0.822. The average Bonchev–Trinajstić information content (AvgIpc) is 3.31. The second-order valence-corrected chi connectivity index (χ2v) is 7.20. The summed E-state index contributed by atoms with van der Waals surface area (Å²) in [6, 6.07) is 0.830. The number of aromatic nitrogens is 3. The van der Waals surface area contributed by atoms with Gasteiger partial charge in [-0.25, -0.2) is 0 Å². The first-order chi connectivity index (χ1) is 10.1. The molecule has 0 spiro atoms. The van der Waals surface area contributed by atoms with E-state index >= 15 is 0 Å². The molecule has 1 aromatic rings. The molecule has 0 unspecified atom stereocenters. The lowest BCUT2D eigenvalue weighted by molar-refractivity contribution is -0.133. The van der Waals surface area contributed by atoms with Gasteiger partial charge in [0.2, 0.25) is 5.95 Å². The Morgan fingerprint density at radius 2 is 2.10 bits per heavy atom. The van der Waals surface area contributed by atoms with Gasteiger partial charge in [0.05, 0.1) is 5.75 Å². The summed E-state index contributed by atoms with van der Waals surface area (Å²) in [7, 11) is 0. The Bertz CT molecular complexity index is 523. The van der Waals surface area contributed by atoms with E-state index in [-0.39, 0.29) is 11.8 Å². The lowest BCUT2D eigenvalue weighted by Gasteiger charge is -2.25. The summed E-state index contributed by atoms with van der Waals surface area (Å²) in [5.41, 5.74) is 0. The molecular formula is C14H22N4O2S. The van der Waals surface area contributed by atoms with E-state index in [4.69, 9.17) is 5.11 Å². The fraction of sp³-hybridized carbons (Fsp3) is 0.786. The zero-order chi connectivity index (χ0) is 15.0. The molecule has 1 N–H and O–H groups in total. The highest BCUT2D eigenvalue weighted by atomic mass is 32.2. The van der Waals surface area contributed by atoms with Gasteiger partial charge in [-0.2, -0.15) is 0 Å². The van der Waals surface area contributed by atoms with Crippen LogP contribution in [-0.4, -0.2) is 44.2 Å². The largest absolute Gasteiger partial charge is 0.481 e. The molecule has 2 aliphatic carbocycles. The summed E-state index contributed by atoms with van der Waals surface area (Å²) in [4.78, 5) is 13.2. The van der Waals surface area contributed by atoms with Gasteiger partial charge in [-0.3, -0.25) is 9.36 Å². The van der Waals surface area contributed by atoms with Gasteiger partial charge in [0.1, 0.15) is 0 Å². The minimum Gasteiger partial charge on any atom is -0.481 e. The van der Waals surface area contributed by atoms with Crippen LogP contribution in [0.1, 0.15) is 45.6 Å². The summed E-state index contributed by atoms with van der Waals surface area (Å²) >= 11 is 1.25. The molecule has 1 aromatic heterocycles. The zero-order valence-electron chi connectivity index (χ0n) is 12.5. The molecule has 21 heavy (non-hydrogen) atoms. The molecule has 0 saturated heterocycles. The third-order valence-electron chi connectivity index (χ3n) is 3.88.